The van der Waals surface area contributed by atoms with Crippen LogP contribution in [0.4, 0.5) is 0 Å². The Morgan fingerprint density at radius 1 is 1.42 bits per heavy atom. The SMILES string of the molecule is O=C(O)C1Cc2ccc(OC3CCCOC3)cc2O1. The third-order valence-electron chi connectivity index (χ3n) is 3.41. The van der Waals surface area contributed by atoms with Crippen LogP contribution in [0.2, 0.25) is 0 Å². The van der Waals surface area contributed by atoms with Crippen molar-refractivity contribution in [3.05, 3.63) is 23.8 Å². The Bertz CT molecular complexity index is 479. The van der Waals surface area contributed by atoms with E-state index in [-0.39, 0.29) is 6.10 Å². The zero-order valence-electron chi connectivity index (χ0n) is 10.5. The highest BCUT2D eigenvalue weighted by molar-refractivity contribution is 5.74. The maximum atomic E-state index is 10.9. The number of aliphatic carboxylic acids is 1. The summed E-state index contributed by atoms with van der Waals surface area (Å²) < 4.78 is 16.6. The molecule has 0 aromatic heterocycles. The van der Waals surface area contributed by atoms with Crippen molar-refractivity contribution >= 4 is 5.97 Å². The molecule has 0 amide bonds. The molecule has 0 aliphatic carbocycles. The maximum Gasteiger partial charge on any atom is 0.345 e. The molecule has 5 nitrogen and oxygen atoms in total. The van der Waals surface area contributed by atoms with Crippen molar-refractivity contribution < 1.29 is 24.1 Å². The molecule has 0 bridgehead atoms. The molecular weight excluding hydrogens is 248 g/mol. The second kappa shape index (κ2) is 5.09. The smallest absolute Gasteiger partial charge is 0.345 e. The van der Waals surface area contributed by atoms with Crippen molar-refractivity contribution in [1.82, 2.24) is 0 Å². The Labute approximate surface area is 111 Å². The van der Waals surface area contributed by atoms with Crippen molar-refractivity contribution in [2.24, 2.45) is 0 Å². The van der Waals surface area contributed by atoms with Crippen LogP contribution in [0.15, 0.2) is 18.2 Å². The monoisotopic (exact) mass is 264 g/mol. The number of carboxylic acid groups (broad SMARTS) is 1. The third-order valence-corrected chi connectivity index (χ3v) is 3.41. The summed E-state index contributed by atoms with van der Waals surface area (Å²) in [6.07, 6.45) is 1.70. The molecule has 0 saturated carbocycles. The number of carboxylic acids is 1. The zero-order chi connectivity index (χ0) is 13.2. The molecular formula is C14H16O5. The first-order chi connectivity index (χ1) is 9.22. The van der Waals surface area contributed by atoms with Gasteiger partial charge in [-0.3, -0.25) is 0 Å². The van der Waals surface area contributed by atoms with Crippen molar-refractivity contribution in [2.75, 3.05) is 13.2 Å². The Morgan fingerprint density at radius 2 is 2.32 bits per heavy atom. The molecule has 102 valence electrons. The first-order valence-electron chi connectivity index (χ1n) is 6.49. The van der Waals surface area contributed by atoms with Gasteiger partial charge in [0.05, 0.1) is 6.61 Å². The zero-order valence-corrected chi connectivity index (χ0v) is 10.5. The maximum absolute atomic E-state index is 10.9. The Hall–Kier alpha value is -1.75. The molecule has 1 aromatic carbocycles. The number of rotatable bonds is 3. The summed E-state index contributed by atoms with van der Waals surface area (Å²) in [6, 6.07) is 5.51. The molecule has 5 heteroatoms. The van der Waals surface area contributed by atoms with Gasteiger partial charge in [-0.15, -0.1) is 0 Å². The molecule has 2 aliphatic heterocycles. The predicted molar refractivity (Wildman–Crippen MR) is 66.7 cm³/mol. The van der Waals surface area contributed by atoms with Gasteiger partial charge in [-0.05, 0) is 24.5 Å². The fraction of sp³-hybridized carbons (Fsp3) is 0.500. The molecule has 0 spiro atoms. The van der Waals surface area contributed by atoms with Crippen molar-refractivity contribution in [1.29, 1.82) is 0 Å². The van der Waals surface area contributed by atoms with E-state index in [0.717, 1.165) is 25.0 Å². The van der Waals surface area contributed by atoms with Crippen LogP contribution in [-0.2, 0) is 16.0 Å². The first-order valence-corrected chi connectivity index (χ1v) is 6.49. The van der Waals surface area contributed by atoms with E-state index in [1.807, 2.05) is 12.1 Å². The lowest BCUT2D eigenvalue weighted by atomic mass is 10.1. The molecule has 3 rings (SSSR count). The minimum atomic E-state index is -0.931. The van der Waals surface area contributed by atoms with Gasteiger partial charge in [0.2, 0.25) is 0 Å². The number of fused-ring (bicyclic) bond motifs is 1. The lowest BCUT2D eigenvalue weighted by molar-refractivity contribution is -0.144. The minimum Gasteiger partial charge on any atom is -0.488 e. The molecule has 19 heavy (non-hydrogen) atoms. The van der Waals surface area contributed by atoms with Crippen LogP contribution in [-0.4, -0.2) is 36.5 Å². The average Bonchev–Trinajstić information content (AvgIpc) is 2.83. The lowest BCUT2D eigenvalue weighted by Gasteiger charge is -2.23. The standard InChI is InChI=1S/C14H16O5/c15-14(16)13-6-9-3-4-10(7-12(9)19-13)18-11-2-1-5-17-8-11/h3-4,7,11,13H,1-2,5-6,8H2,(H,15,16). The normalized spacial score (nSPS) is 25.5. The number of hydrogen-bond donors (Lipinski definition) is 1. The van der Waals surface area contributed by atoms with Crippen LogP contribution in [0, 0.1) is 0 Å². The van der Waals surface area contributed by atoms with Gasteiger partial charge in [0.25, 0.3) is 0 Å². The molecule has 1 N–H and O–H groups in total. The topological polar surface area (TPSA) is 65.0 Å². The number of carbonyl (C=O) groups is 1. The third kappa shape index (κ3) is 2.66. The predicted octanol–water partition coefficient (Wildman–Crippen LogP) is 1.63. The van der Waals surface area contributed by atoms with Crippen molar-refractivity contribution in [3.63, 3.8) is 0 Å². The highest BCUT2D eigenvalue weighted by atomic mass is 16.5. The molecule has 2 heterocycles. The van der Waals surface area contributed by atoms with E-state index < -0.39 is 12.1 Å². The lowest BCUT2D eigenvalue weighted by Crippen LogP contribution is -2.27. The molecule has 2 aliphatic rings. The summed E-state index contributed by atoms with van der Waals surface area (Å²) in [5.41, 5.74) is 0.916. The fourth-order valence-electron chi connectivity index (χ4n) is 2.42. The van der Waals surface area contributed by atoms with Crippen molar-refractivity contribution in [2.45, 2.75) is 31.5 Å². The van der Waals surface area contributed by atoms with Gasteiger partial charge in [0, 0.05) is 19.1 Å². The molecule has 0 radical (unpaired) electrons. The van der Waals surface area contributed by atoms with Crippen LogP contribution in [0.1, 0.15) is 18.4 Å². The van der Waals surface area contributed by atoms with Gasteiger partial charge >= 0.3 is 5.97 Å². The second-order valence-corrected chi connectivity index (χ2v) is 4.88. The van der Waals surface area contributed by atoms with E-state index in [2.05, 4.69) is 0 Å². The summed E-state index contributed by atoms with van der Waals surface area (Å²) in [6.45, 7) is 1.41. The fourth-order valence-corrected chi connectivity index (χ4v) is 2.42. The van der Waals surface area contributed by atoms with Crippen LogP contribution >= 0.6 is 0 Å². The molecule has 1 fully saturated rings. The van der Waals surface area contributed by atoms with Crippen LogP contribution in [0.3, 0.4) is 0 Å². The van der Waals surface area contributed by atoms with Gasteiger partial charge in [-0.1, -0.05) is 6.07 Å². The van der Waals surface area contributed by atoms with Gasteiger partial charge in [-0.25, -0.2) is 4.79 Å². The summed E-state index contributed by atoms with van der Waals surface area (Å²) >= 11 is 0. The van der Waals surface area contributed by atoms with E-state index in [0.29, 0.717) is 24.5 Å². The van der Waals surface area contributed by atoms with E-state index in [1.165, 1.54) is 0 Å². The number of ether oxygens (including phenoxy) is 3. The van der Waals surface area contributed by atoms with E-state index in [4.69, 9.17) is 19.3 Å². The number of hydrogen-bond acceptors (Lipinski definition) is 4. The van der Waals surface area contributed by atoms with E-state index >= 15 is 0 Å². The quantitative estimate of drug-likeness (QED) is 0.899. The highest BCUT2D eigenvalue weighted by Crippen LogP contribution is 2.33. The van der Waals surface area contributed by atoms with Gasteiger partial charge in [-0.2, -0.15) is 0 Å². The summed E-state index contributed by atoms with van der Waals surface area (Å²) in [7, 11) is 0. The second-order valence-electron chi connectivity index (χ2n) is 4.88. The van der Waals surface area contributed by atoms with E-state index in [9.17, 15) is 4.79 Å². The molecule has 2 atom stereocenters. The Balaban J connectivity index is 1.69. The van der Waals surface area contributed by atoms with Crippen LogP contribution < -0.4 is 9.47 Å². The highest BCUT2D eigenvalue weighted by Gasteiger charge is 2.29. The van der Waals surface area contributed by atoms with Gasteiger partial charge in [0.15, 0.2) is 6.10 Å². The van der Waals surface area contributed by atoms with Gasteiger partial charge in [0.1, 0.15) is 17.6 Å². The largest absolute Gasteiger partial charge is 0.488 e. The molecule has 1 aromatic rings. The average molecular weight is 264 g/mol. The first kappa shape index (κ1) is 12.3. The van der Waals surface area contributed by atoms with E-state index in [1.54, 1.807) is 6.07 Å². The number of benzene rings is 1. The minimum absolute atomic E-state index is 0.0727. The van der Waals surface area contributed by atoms with Crippen LogP contribution in [0.25, 0.3) is 0 Å². The Morgan fingerprint density at radius 3 is 3.05 bits per heavy atom. The summed E-state index contributed by atoms with van der Waals surface area (Å²) in [4.78, 5) is 10.9. The molecule has 1 saturated heterocycles. The van der Waals surface area contributed by atoms with Crippen LogP contribution in [0.5, 0.6) is 11.5 Å². The summed E-state index contributed by atoms with van der Waals surface area (Å²) in [5.74, 6) is 0.390. The van der Waals surface area contributed by atoms with Gasteiger partial charge < -0.3 is 19.3 Å². The molecule has 2 unspecified atom stereocenters. The van der Waals surface area contributed by atoms with Crippen molar-refractivity contribution in [3.8, 4) is 11.5 Å². The Kier molecular flexibility index (Phi) is 3.29. The summed E-state index contributed by atoms with van der Waals surface area (Å²) in [5, 5.41) is 8.94.